The van der Waals surface area contributed by atoms with Crippen LogP contribution in [0.15, 0.2) is 59.3 Å². The molecule has 3 aromatic heterocycles. The summed E-state index contributed by atoms with van der Waals surface area (Å²) in [6.45, 7) is 2.15. The molecule has 26 heavy (non-hydrogen) atoms. The van der Waals surface area contributed by atoms with Crippen LogP contribution in [0.1, 0.15) is 12.8 Å². The molecule has 1 N–H and O–H groups in total. The van der Waals surface area contributed by atoms with E-state index >= 15 is 0 Å². The van der Waals surface area contributed by atoms with E-state index in [4.69, 9.17) is 4.42 Å². The number of nitrogens with zero attached hydrogens (tertiary/aromatic N) is 4. The lowest BCUT2D eigenvalue weighted by atomic mass is 10.1. The smallest absolute Gasteiger partial charge is 0.247 e. The lowest BCUT2D eigenvalue weighted by molar-refractivity contribution is -0.116. The Morgan fingerprint density at radius 3 is 2.88 bits per heavy atom. The summed E-state index contributed by atoms with van der Waals surface area (Å²) < 4.78 is 7.51. The number of hydrogen-bond donors (Lipinski definition) is 1. The monoisotopic (exact) mass is 347 g/mol. The second kappa shape index (κ2) is 6.79. The molecular formula is C19H17N5O2. The number of carbonyl (C=O) groups is 1. The third-order valence-electron chi connectivity index (χ3n) is 4.04. The summed E-state index contributed by atoms with van der Waals surface area (Å²) in [5.41, 5.74) is 1.75. The highest BCUT2D eigenvalue weighted by Gasteiger charge is 2.11. The van der Waals surface area contributed by atoms with Crippen molar-refractivity contribution in [1.82, 2.24) is 19.7 Å². The molecule has 0 atom stereocenters. The Morgan fingerprint density at radius 1 is 1.19 bits per heavy atom. The predicted molar refractivity (Wildman–Crippen MR) is 97.5 cm³/mol. The van der Waals surface area contributed by atoms with E-state index in [-0.39, 0.29) is 12.5 Å². The molecule has 0 saturated heterocycles. The third kappa shape index (κ3) is 3.19. The van der Waals surface area contributed by atoms with Gasteiger partial charge >= 0.3 is 0 Å². The highest BCUT2D eigenvalue weighted by atomic mass is 16.4. The summed E-state index contributed by atoms with van der Waals surface area (Å²) in [6, 6.07) is 13.2. The Hall–Kier alpha value is -3.48. The van der Waals surface area contributed by atoms with Gasteiger partial charge in [-0.05, 0) is 35.7 Å². The maximum absolute atomic E-state index is 12.3. The molecule has 0 spiro atoms. The van der Waals surface area contributed by atoms with Gasteiger partial charge in [-0.15, -0.1) is 10.2 Å². The fraction of sp³-hybridized carbons (Fsp3) is 0.158. The number of rotatable bonds is 5. The van der Waals surface area contributed by atoms with Gasteiger partial charge in [0, 0.05) is 29.9 Å². The van der Waals surface area contributed by atoms with Gasteiger partial charge in [0.1, 0.15) is 12.4 Å². The molecule has 0 fully saturated rings. The van der Waals surface area contributed by atoms with Crippen LogP contribution in [-0.2, 0) is 17.8 Å². The van der Waals surface area contributed by atoms with Gasteiger partial charge in [-0.25, -0.2) is 4.98 Å². The van der Waals surface area contributed by atoms with Crippen LogP contribution in [0.5, 0.6) is 0 Å². The maximum atomic E-state index is 12.3. The molecule has 0 bridgehead atoms. The minimum Gasteiger partial charge on any atom is -0.421 e. The van der Waals surface area contributed by atoms with Gasteiger partial charge in [0.2, 0.25) is 17.7 Å². The summed E-state index contributed by atoms with van der Waals surface area (Å²) >= 11 is 0. The quantitative estimate of drug-likeness (QED) is 0.599. The average molecular weight is 347 g/mol. The van der Waals surface area contributed by atoms with Gasteiger partial charge in [-0.3, -0.25) is 4.79 Å². The van der Waals surface area contributed by atoms with Crippen LogP contribution in [0.3, 0.4) is 0 Å². The van der Waals surface area contributed by atoms with E-state index in [0.29, 0.717) is 24.0 Å². The van der Waals surface area contributed by atoms with Crippen molar-refractivity contribution in [2.75, 3.05) is 5.32 Å². The molecule has 130 valence electrons. The predicted octanol–water partition coefficient (Wildman–Crippen LogP) is 3.29. The molecular weight excluding hydrogens is 330 g/mol. The first-order valence-electron chi connectivity index (χ1n) is 8.35. The Morgan fingerprint density at radius 2 is 2.12 bits per heavy atom. The molecule has 7 heteroatoms. The summed E-state index contributed by atoms with van der Waals surface area (Å²) in [5.74, 6) is 1.48. The highest BCUT2D eigenvalue weighted by molar-refractivity contribution is 5.91. The van der Waals surface area contributed by atoms with Gasteiger partial charge in [0.05, 0.1) is 0 Å². The lowest BCUT2D eigenvalue weighted by Crippen LogP contribution is -2.18. The zero-order chi connectivity index (χ0) is 17.9. The number of aryl methyl sites for hydroxylation is 1. The number of pyridine rings is 1. The maximum Gasteiger partial charge on any atom is 0.247 e. The number of anilines is 1. The highest BCUT2D eigenvalue weighted by Crippen LogP contribution is 2.24. The number of hydrogen-bond acceptors (Lipinski definition) is 5. The summed E-state index contributed by atoms with van der Waals surface area (Å²) in [5, 5.41) is 11.9. The van der Waals surface area contributed by atoms with Crippen molar-refractivity contribution in [2.24, 2.45) is 0 Å². The molecule has 0 aliphatic carbocycles. The van der Waals surface area contributed by atoms with E-state index < -0.39 is 0 Å². The van der Waals surface area contributed by atoms with Crippen molar-refractivity contribution in [1.29, 1.82) is 0 Å². The minimum absolute atomic E-state index is 0.141. The lowest BCUT2D eigenvalue weighted by Gasteiger charge is -2.07. The zero-order valence-electron chi connectivity index (χ0n) is 14.2. The van der Waals surface area contributed by atoms with Gasteiger partial charge in [0.15, 0.2) is 0 Å². The molecule has 0 aliphatic rings. The molecule has 0 saturated carbocycles. The molecule has 4 aromatic rings. The summed E-state index contributed by atoms with van der Waals surface area (Å²) in [6.07, 6.45) is 4.22. The van der Waals surface area contributed by atoms with Crippen molar-refractivity contribution in [3.05, 3.63) is 60.7 Å². The van der Waals surface area contributed by atoms with Crippen LogP contribution in [0, 0.1) is 0 Å². The molecule has 0 radical (unpaired) electrons. The number of nitrogens with one attached hydrogen (secondary N) is 1. The van der Waals surface area contributed by atoms with Crippen molar-refractivity contribution < 1.29 is 9.21 Å². The van der Waals surface area contributed by atoms with E-state index in [0.717, 1.165) is 16.5 Å². The zero-order valence-corrected chi connectivity index (χ0v) is 14.2. The average Bonchev–Trinajstić information content (AvgIpc) is 3.29. The Labute approximate surface area is 149 Å². The van der Waals surface area contributed by atoms with Crippen LogP contribution in [0.4, 0.5) is 5.82 Å². The van der Waals surface area contributed by atoms with Crippen LogP contribution < -0.4 is 5.32 Å². The molecule has 0 unspecified atom stereocenters. The number of benzene rings is 1. The Bertz CT molecular complexity index is 1050. The SMILES string of the molecule is CCc1nnc(-c2ccc3ccn(CC(=O)Nc4ccccn4)c3c2)o1. The Kier molecular flexibility index (Phi) is 4.18. The minimum atomic E-state index is -0.141. The number of aromatic nitrogens is 4. The van der Waals surface area contributed by atoms with E-state index in [1.165, 1.54) is 0 Å². The molecule has 4 rings (SSSR count). The molecule has 1 amide bonds. The molecule has 3 heterocycles. The van der Waals surface area contributed by atoms with Crippen molar-refractivity contribution in [3.8, 4) is 11.5 Å². The van der Waals surface area contributed by atoms with E-state index in [1.54, 1.807) is 18.3 Å². The summed E-state index contributed by atoms with van der Waals surface area (Å²) in [7, 11) is 0. The largest absolute Gasteiger partial charge is 0.421 e. The number of amides is 1. The first kappa shape index (κ1) is 16.0. The van der Waals surface area contributed by atoms with Crippen LogP contribution in [-0.4, -0.2) is 25.7 Å². The Balaban J connectivity index is 1.59. The van der Waals surface area contributed by atoms with Gasteiger partial charge in [-0.1, -0.05) is 19.1 Å². The summed E-state index contributed by atoms with van der Waals surface area (Å²) in [4.78, 5) is 16.4. The number of fused-ring (bicyclic) bond motifs is 1. The second-order valence-electron chi connectivity index (χ2n) is 5.83. The standard InChI is InChI=1S/C19H17N5O2/c1-2-18-22-23-19(26-18)14-7-6-13-8-10-24(15(13)11-14)12-17(25)21-16-5-3-4-9-20-16/h3-11H,2,12H2,1H3,(H,20,21,25). The first-order chi connectivity index (χ1) is 12.7. The topological polar surface area (TPSA) is 85.8 Å². The second-order valence-corrected chi connectivity index (χ2v) is 5.83. The third-order valence-corrected chi connectivity index (χ3v) is 4.04. The first-order valence-corrected chi connectivity index (χ1v) is 8.35. The van der Waals surface area contributed by atoms with E-state index in [2.05, 4.69) is 20.5 Å². The molecule has 7 nitrogen and oxygen atoms in total. The van der Waals surface area contributed by atoms with Gasteiger partial charge < -0.3 is 14.3 Å². The fourth-order valence-corrected chi connectivity index (χ4v) is 2.74. The fourth-order valence-electron chi connectivity index (χ4n) is 2.74. The normalized spacial score (nSPS) is 11.0. The van der Waals surface area contributed by atoms with Crippen LogP contribution in [0.2, 0.25) is 0 Å². The molecule has 1 aromatic carbocycles. The van der Waals surface area contributed by atoms with Crippen LogP contribution >= 0.6 is 0 Å². The van der Waals surface area contributed by atoms with Crippen molar-refractivity contribution in [3.63, 3.8) is 0 Å². The van der Waals surface area contributed by atoms with Crippen LogP contribution in [0.25, 0.3) is 22.4 Å². The van der Waals surface area contributed by atoms with Crippen molar-refractivity contribution in [2.45, 2.75) is 19.9 Å². The van der Waals surface area contributed by atoms with E-state index in [1.807, 2.05) is 48.0 Å². The molecule has 0 aliphatic heterocycles. The number of carbonyl (C=O) groups excluding carboxylic acids is 1. The van der Waals surface area contributed by atoms with E-state index in [9.17, 15) is 4.79 Å². The van der Waals surface area contributed by atoms with Gasteiger partial charge in [-0.2, -0.15) is 0 Å². The van der Waals surface area contributed by atoms with Gasteiger partial charge in [0.25, 0.3) is 0 Å². The van der Waals surface area contributed by atoms with Crippen molar-refractivity contribution >= 4 is 22.6 Å².